The average Bonchev–Trinajstić information content (AvgIpc) is 3.17. The van der Waals surface area contributed by atoms with Crippen molar-refractivity contribution >= 4 is 50.7 Å². The summed E-state index contributed by atoms with van der Waals surface area (Å²) in [6.45, 7) is 4.04. The number of nitrogens with one attached hydrogen (secondary N) is 1. The van der Waals surface area contributed by atoms with Gasteiger partial charge in [-0.3, -0.25) is 19.0 Å². The van der Waals surface area contributed by atoms with Crippen LogP contribution >= 0.6 is 23.1 Å². The van der Waals surface area contributed by atoms with E-state index >= 15 is 0 Å². The van der Waals surface area contributed by atoms with Gasteiger partial charge in [-0.2, -0.15) is 0 Å². The highest BCUT2D eigenvalue weighted by Crippen LogP contribution is 2.26. The third-order valence-corrected chi connectivity index (χ3v) is 6.30. The molecule has 0 radical (unpaired) electrons. The molecule has 1 aliphatic heterocycles. The predicted molar refractivity (Wildman–Crippen MR) is 113 cm³/mol. The highest BCUT2D eigenvalue weighted by atomic mass is 32.2. The number of fused-ring (bicyclic) bond motifs is 2. The number of nitrogens with zero attached hydrogens (tertiary/aromatic N) is 2. The van der Waals surface area contributed by atoms with Gasteiger partial charge in [0, 0.05) is 24.2 Å². The van der Waals surface area contributed by atoms with E-state index in [1.807, 2.05) is 11.4 Å². The zero-order chi connectivity index (χ0) is 19.7. The molecule has 8 heteroatoms. The van der Waals surface area contributed by atoms with Crippen molar-refractivity contribution in [2.24, 2.45) is 0 Å². The van der Waals surface area contributed by atoms with Crippen molar-refractivity contribution < 1.29 is 9.59 Å². The van der Waals surface area contributed by atoms with E-state index in [2.05, 4.69) is 16.9 Å². The first-order valence-corrected chi connectivity index (χ1v) is 10.6. The highest BCUT2D eigenvalue weighted by molar-refractivity contribution is 7.99. The number of thiophene rings is 1. The fraction of sp³-hybridized carbons (Fsp3) is 0.200. The molecule has 4 rings (SSSR count). The topological polar surface area (TPSA) is 81.1 Å². The summed E-state index contributed by atoms with van der Waals surface area (Å²) in [5.74, 6) is 0.124. The lowest BCUT2D eigenvalue weighted by atomic mass is 9.99. The molecule has 28 heavy (non-hydrogen) atoms. The summed E-state index contributed by atoms with van der Waals surface area (Å²) < 4.78 is 1.54. The number of allylic oxidation sites excluding steroid dienone is 1. The number of carbonyl (C=O) groups is 2. The number of aryl methyl sites for hydroxylation is 1. The number of carbonyl (C=O) groups excluding carboxylic acids is 2. The van der Waals surface area contributed by atoms with E-state index in [0.29, 0.717) is 40.3 Å². The normalized spacial score (nSPS) is 13.2. The van der Waals surface area contributed by atoms with Crippen LogP contribution in [-0.2, 0) is 17.8 Å². The van der Waals surface area contributed by atoms with Crippen LogP contribution in [0, 0.1) is 0 Å². The van der Waals surface area contributed by atoms with Crippen molar-refractivity contribution in [3.05, 3.63) is 63.8 Å². The fourth-order valence-electron chi connectivity index (χ4n) is 3.10. The largest absolute Gasteiger partial charge is 0.326 e. The Morgan fingerprint density at radius 2 is 2.18 bits per heavy atom. The summed E-state index contributed by atoms with van der Waals surface area (Å²) in [5, 5.41) is 5.75. The van der Waals surface area contributed by atoms with Crippen molar-refractivity contribution in [2.45, 2.75) is 24.5 Å². The number of rotatable bonds is 6. The maximum absolute atomic E-state index is 12.7. The monoisotopic (exact) mass is 411 g/mol. The minimum Gasteiger partial charge on any atom is -0.326 e. The molecule has 0 fully saturated rings. The van der Waals surface area contributed by atoms with Crippen LogP contribution in [-0.4, -0.2) is 27.0 Å². The number of amides is 1. The van der Waals surface area contributed by atoms with Crippen molar-refractivity contribution in [2.75, 3.05) is 11.1 Å². The Balaban J connectivity index is 1.57. The van der Waals surface area contributed by atoms with Gasteiger partial charge in [0.2, 0.25) is 5.91 Å². The van der Waals surface area contributed by atoms with Gasteiger partial charge in [0.1, 0.15) is 4.83 Å². The molecule has 2 aromatic heterocycles. The van der Waals surface area contributed by atoms with E-state index in [0.717, 1.165) is 11.3 Å². The lowest BCUT2D eigenvalue weighted by Gasteiger charge is -2.17. The van der Waals surface area contributed by atoms with E-state index < -0.39 is 0 Å². The van der Waals surface area contributed by atoms with Crippen molar-refractivity contribution in [1.29, 1.82) is 0 Å². The third-order valence-electron chi connectivity index (χ3n) is 4.52. The van der Waals surface area contributed by atoms with E-state index in [4.69, 9.17) is 0 Å². The average molecular weight is 412 g/mol. The molecular formula is C20H17N3O3S2. The molecule has 0 bridgehead atoms. The van der Waals surface area contributed by atoms with Crippen molar-refractivity contribution in [3.63, 3.8) is 0 Å². The fourth-order valence-corrected chi connectivity index (χ4v) is 4.81. The van der Waals surface area contributed by atoms with Crippen LogP contribution in [0.5, 0.6) is 0 Å². The quantitative estimate of drug-likeness (QED) is 0.291. The molecular weight excluding hydrogens is 394 g/mol. The Morgan fingerprint density at radius 3 is 3.00 bits per heavy atom. The second kappa shape index (κ2) is 7.73. The molecule has 1 aliphatic rings. The number of ketones is 1. The van der Waals surface area contributed by atoms with Crippen LogP contribution in [0.1, 0.15) is 22.3 Å². The van der Waals surface area contributed by atoms with E-state index in [1.54, 1.807) is 28.8 Å². The van der Waals surface area contributed by atoms with Gasteiger partial charge in [-0.25, -0.2) is 4.98 Å². The molecule has 0 atom stereocenters. The van der Waals surface area contributed by atoms with Gasteiger partial charge in [-0.05, 0) is 41.6 Å². The first-order chi connectivity index (χ1) is 13.6. The molecule has 1 aromatic carbocycles. The Labute approximate surface area is 169 Å². The summed E-state index contributed by atoms with van der Waals surface area (Å²) in [6, 6.07) is 7.10. The van der Waals surface area contributed by atoms with Crippen LogP contribution in [0.25, 0.3) is 10.2 Å². The summed E-state index contributed by atoms with van der Waals surface area (Å²) in [4.78, 5) is 42.0. The number of hydrogen-bond acceptors (Lipinski definition) is 6. The van der Waals surface area contributed by atoms with Gasteiger partial charge in [-0.15, -0.1) is 17.9 Å². The lowest BCUT2D eigenvalue weighted by molar-refractivity contribution is -0.116. The molecule has 0 unspecified atom stereocenters. The van der Waals surface area contributed by atoms with Gasteiger partial charge in [0.25, 0.3) is 5.56 Å². The van der Waals surface area contributed by atoms with Crippen LogP contribution in [0.2, 0.25) is 0 Å². The molecule has 0 saturated heterocycles. The van der Waals surface area contributed by atoms with Crippen LogP contribution in [0.3, 0.4) is 0 Å². The van der Waals surface area contributed by atoms with Crippen LogP contribution in [0.15, 0.2) is 52.3 Å². The molecule has 6 nitrogen and oxygen atoms in total. The highest BCUT2D eigenvalue weighted by Gasteiger charge is 2.18. The summed E-state index contributed by atoms with van der Waals surface area (Å²) in [6.07, 6.45) is 2.70. The summed E-state index contributed by atoms with van der Waals surface area (Å²) in [7, 11) is 0. The van der Waals surface area contributed by atoms with E-state index in [-0.39, 0.29) is 23.0 Å². The van der Waals surface area contributed by atoms with E-state index in [9.17, 15) is 14.4 Å². The second-order valence-electron chi connectivity index (χ2n) is 6.37. The Bertz CT molecular complexity index is 1160. The molecule has 1 N–H and O–H groups in total. The first-order valence-electron chi connectivity index (χ1n) is 8.74. The summed E-state index contributed by atoms with van der Waals surface area (Å²) in [5.41, 5.74) is 2.21. The van der Waals surface area contributed by atoms with Crippen molar-refractivity contribution in [3.8, 4) is 0 Å². The molecule has 0 spiro atoms. The third kappa shape index (κ3) is 3.53. The SMILES string of the molecule is C=CCn1c(SCC(=O)c2ccc3c(c2)CCC(=O)N3)nc2sccc2c1=O. The number of anilines is 1. The zero-order valence-electron chi connectivity index (χ0n) is 14.9. The second-order valence-corrected chi connectivity index (χ2v) is 8.21. The Kier molecular flexibility index (Phi) is 5.15. The molecule has 3 heterocycles. The van der Waals surface area contributed by atoms with Gasteiger partial charge in [0.05, 0.1) is 11.1 Å². The van der Waals surface area contributed by atoms with Crippen molar-refractivity contribution in [1.82, 2.24) is 9.55 Å². The van der Waals surface area contributed by atoms with E-state index in [1.165, 1.54) is 23.1 Å². The first kappa shape index (κ1) is 18.6. The van der Waals surface area contributed by atoms with Gasteiger partial charge in [-0.1, -0.05) is 17.8 Å². The zero-order valence-corrected chi connectivity index (χ0v) is 16.6. The number of thioether (sulfide) groups is 1. The van der Waals surface area contributed by atoms with Gasteiger partial charge in [0.15, 0.2) is 10.9 Å². The maximum Gasteiger partial charge on any atom is 0.263 e. The molecule has 3 aromatic rings. The number of Topliss-reactive ketones (excluding diaryl/α,β-unsaturated/α-hetero) is 1. The molecule has 0 aliphatic carbocycles. The minimum absolute atomic E-state index is 0.00244. The number of hydrogen-bond donors (Lipinski definition) is 1. The maximum atomic E-state index is 12.7. The van der Waals surface area contributed by atoms with Crippen LogP contribution in [0.4, 0.5) is 5.69 Å². The Morgan fingerprint density at radius 1 is 1.32 bits per heavy atom. The molecule has 142 valence electrons. The molecule has 0 saturated carbocycles. The lowest BCUT2D eigenvalue weighted by Crippen LogP contribution is -2.22. The smallest absolute Gasteiger partial charge is 0.263 e. The van der Waals surface area contributed by atoms with Gasteiger partial charge >= 0.3 is 0 Å². The summed E-state index contributed by atoms with van der Waals surface area (Å²) >= 11 is 2.66. The van der Waals surface area contributed by atoms with Gasteiger partial charge < -0.3 is 5.32 Å². The Hall–Kier alpha value is -2.71. The standard InChI is InChI=1S/C20H17N3O3S2/c1-2-8-23-19(26)14-7-9-27-18(14)22-20(23)28-11-16(24)13-3-5-15-12(10-13)4-6-17(25)21-15/h2-3,5,7,9-10H,1,4,6,8,11H2,(H,21,25). The van der Waals surface area contributed by atoms with Crippen LogP contribution < -0.4 is 10.9 Å². The molecule has 1 amide bonds. The number of benzene rings is 1. The minimum atomic E-state index is -0.120. The number of aromatic nitrogens is 2. The predicted octanol–water partition coefficient (Wildman–Crippen LogP) is 3.50.